The Morgan fingerprint density at radius 3 is 2.59 bits per heavy atom. The van der Waals surface area contributed by atoms with Crippen LogP contribution in [-0.4, -0.2) is 94.9 Å². The van der Waals surface area contributed by atoms with Crippen LogP contribution in [0.5, 0.6) is 0 Å². The van der Waals surface area contributed by atoms with Crippen LogP contribution in [0, 0.1) is 0 Å². The van der Waals surface area contributed by atoms with Crippen LogP contribution in [0.1, 0.15) is 16.9 Å². The number of rotatable bonds is 3. The fraction of sp³-hybridized carbons (Fsp3) is 0.562. The van der Waals surface area contributed by atoms with Gasteiger partial charge in [-0.1, -0.05) is 6.07 Å². The molecule has 0 spiro atoms. The summed E-state index contributed by atoms with van der Waals surface area (Å²) in [5.74, 6) is -0.170. The van der Waals surface area contributed by atoms with Crippen molar-refractivity contribution in [1.29, 1.82) is 0 Å². The molecule has 0 unspecified atom stereocenters. The van der Waals surface area contributed by atoms with E-state index in [4.69, 9.17) is 4.74 Å². The maximum Gasteiger partial charge on any atom is 0.282 e. The van der Waals surface area contributed by atoms with Crippen LogP contribution in [0.25, 0.3) is 5.65 Å². The van der Waals surface area contributed by atoms with E-state index in [1.807, 2.05) is 0 Å². The van der Waals surface area contributed by atoms with Crippen molar-refractivity contribution in [2.24, 2.45) is 0 Å². The predicted molar refractivity (Wildman–Crippen MR) is 96.4 cm³/mol. The average molecular weight is 394 g/mol. The zero-order chi connectivity index (χ0) is 18.9. The van der Waals surface area contributed by atoms with Gasteiger partial charge in [-0.2, -0.15) is 22.1 Å². The first-order chi connectivity index (χ1) is 13.1. The maximum absolute atomic E-state index is 13.0. The number of ether oxygens (including phenoxy) is 1. The molecule has 0 aromatic carbocycles. The minimum atomic E-state index is -3.53. The molecule has 11 heteroatoms. The summed E-state index contributed by atoms with van der Waals surface area (Å²) in [6.07, 6.45) is 1.99. The van der Waals surface area contributed by atoms with E-state index in [0.29, 0.717) is 63.7 Å². The molecule has 0 bridgehead atoms. The van der Waals surface area contributed by atoms with Crippen molar-refractivity contribution in [3.8, 4) is 0 Å². The molecule has 2 aromatic rings. The number of morpholine rings is 1. The third kappa shape index (κ3) is 3.55. The van der Waals surface area contributed by atoms with E-state index >= 15 is 0 Å². The third-order valence-corrected chi connectivity index (χ3v) is 6.92. The molecular weight excluding hydrogens is 372 g/mol. The van der Waals surface area contributed by atoms with Gasteiger partial charge in [0.2, 0.25) is 0 Å². The second kappa shape index (κ2) is 7.50. The molecule has 27 heavy (non-hydrogen) atoms. The van der Waals surface area contributed by atoms with Crippen LogP contribution in [0.3, 0.4) is 0 Å². The Kier molecular flexibility index (Phi) is 5.08. The second-order valence-corrected chi connectivity index (χ2v) is 8.43. The predicted octanol–water partition coefficient (Wildman–Crippen LogP) is -0.546. The zero-order valence-electron chi connectivity index (χ0n) is 14.9. The third-order valence-electron chi connectivity index (χ3n) is 4.89. The van der Waals surface area contributed by atoms with Crippen molar-refractivity contribution in [3.63, 3.8) is 0 Å². The van der Waals surface area contributed by atoms with Crippen LogP contribution in [0.4, 0.5) is 0 Å². The smallest absolute Gasteiger partial charge is 0.282 e. The summed E-state index contributed by atoms with van der Waals surface area (Å²) in [5.41, 5.74) is 1.03. The monoisotopic (exact) mass is 394 g/mol. The van der Waals surface area contributed by atoms with Crippen LogP contribution >= 0.6 is 0 Å². The zero-order valence-corrected chi connectivity index (χ0v) is 15.7. The van der Waals surface area contributed by atoms with Crippen molar-refractivity contribution in [1.82, 2.24) is 28.1 Å². The summed E-state index contributed by atoms with van der Waals surface area (Å²) in [5, 5.41) is 4.11. The molecule has 2 saturated heterocycles. The SMILES string of the molecule is O=C(c1cccc2ncnn12)N1CCCN(S(=O)(=O)N2CCOCC2)CC1. The van der Waals surface area contributed by atoms with E-state index in [1.165, 1.54) is 19.5 Å². The van der Waals surface area contributed by atoms with Crippen LogP contribution in [-0.2, 0) is 14.9 Å². The number of hydrogen-bond donors (Lipinski definition) is 0. The average Bonchev–Trinajstić information content (AvgIpc) is 3.03. The van der Waals surface area contributed by atoms with Gasteiger partial charge in [-0.3, -0.25) is 4.79 Å². The minimum absolute atomic E-state index is 0.170. The first-order valence-electron chi connectivity index (χ1n) is 8.98. The Morgan fingerprint density at radius 2 is 1.78 bits per heavy atom. The molecule has 0 radical (unpaired) electrons. The largest absolute Gasteiger partial charge is 0.379 e. The summed E-state index contributed by atoms with van der Waals surface area (Å²) in [6.45, 7) is 3.09. The summed E-state index contributed by atoms with van der Waals surface area (Å²) in [6, 6.07) is 5.25. The number of pyridine rings is 1. The summed E-state index contributed by atoms with van der Waals surface area (Å²) < 4.78 is 35.4. The van der Waals surface area contributed by atoms with Gasteiger partial charge in [0.25, 0.3) is 16.1 Å². The van der Waals surface area contributed by atoms with Gasteiger partial charge in [-0.05, 0) is 18.6 Å². The van der Waals surface area contributed by atoms with E-state index in [9.17, 15) is 13.2 Å². The Labute approximate surface area is 157 Å². The topological polar surface area (TPSA) is 100 Å². The maximum atomic E-state index is 13.0. The van der Waals surface area contributed by atoms with Gasteiger partial charge in [0.1, 0.15) is 12.0 Å². The molecule has 4 heterocycles. The van der Waals surface area contributed by atoms with Crippen molar-refractivity contribution < 1.29 is 17.9 Å². The molecule has 2 aliphatic heterocycles. The molecule has 0 aliphatic carbocycles. The Morgan fingerprint density at radius 1 is 1.00 bits per heavy atom. The Bertz CT molecular complexity index is 924. The van der Waals surface area contributed by atoms with Gasteiger partial charge in [0, 0.05) is 39.3 Å². The first-order valence-corrected chi connectivity index (χ1v) is 10.4. The Hall–Kier alpha value is -2.08. The second-order valence-electron chi connectivity index (χ2n) is 6.51. The fourth-order valence-corrected chi connectivity index (χ4v) is 5.05. The molecule has 146 valence electrons. The Balaban J connectivity index is 1.48. The van der Waals surface area contributed by atoms with Crippen molar-refractivity contribution >= 4 is 21.8 Å². The molecule has 10 nitrogen and oxygen atoms in total. The van der Waals surface area contributed by atoms with Crippen molar-refractivity contribution in [2.45, 2.75) is 6.42 Å². The highest BCUT2D eigenvalue weighted by Gasteiger charge is 2.33. The lowest BCUT2D eigenvalue weighted by Gasteiger charge is -2.31. The van der Waals surface area contributed by atoms with Crippen molar-refractivity contribution in [3.05, 3.63) is 30.2 Å². The van der Waals surface area contributed by atoms with Gasteiger partial charge in [0.15, 0.2) is 5.65 Å². The molecule has 4 rings (SSSR count). The molecule has 2 aliphatic rings. The highest BCUT2D eigenvalue weighted by atomic mass is 32.2. The first kappa shape index (κ1) is 18.3. The van der Waals surface area contributed by atoms with Gasteiger partial charge >= 0.3 is 0 Å². The summed E-state index contributed by atoms with van der Waals surface area (Å²) in [4.78, 5) is 18.8. The number of carbonyl (C=O) groups excluding carboxylic acids is 1. The highest BCUT2D eigenvalue weighted by molar-refractivity contribution is 7.86. The van der Waals surface area contributed by atoms with E-state index < -0.39 is 10.2 Å². The normalized spacial score (nSPS) is 20.7. The van der Waals surface area contributed by atoms with Crippen molar-refractivity contribution in [2.75, 3.05) is 52.5 Å². The number of aromatic nitrogens is 3. The quantitative estimate of drug-likeness (QED) is 0.693. The highest BCUT2D eigenvalue weighted by Crippen LogP contribution is 2.16. The summed E-state index contributed by atoms with van der Waals surface area (Å²) in [7, 11) is -3.53. The summed E-state index contributed by atoms with van der Waals surface area (Å²) >= 11 is 0. The number of amides is 1. The lowest BCUT2D eigenvalue weighted by atomic mass is 10.3. The van der Waals surface area contributed by atoms with Crippen LogP contribution in [0.2, 0.25) is 0 Å². The van der Waals surface area contributed by atoms with E-state index in [2.05, 4.69) is 10.1 Å². The van der Waals surface area contributed by atoms with Crippen LogP contribution < -0.4 is 0 Å². The van der Waals surface area contributed by atoms with E-state index in [0.717, 1.165) is 0 Å². The lowest BCUT2D eigenvalue weighted by Crippen LogP contribution is -2.49. The molecule has 1 amide bonds. The fourth-order valence-electron chi connectivity index (χ4n) is 3.44. The van der Waals surface area contributed by atoms with Crippen LogP contribution in [0.15, 0.2) is 24.5 Å². The van der Waals surface area contributed by atoms with Gasteiger partial charge in [-0.15, -0.1) is 0 Å². The molecule has 2 aromatic heterocycles. The van der Waals surface area contributed by atoms with E-state index in [-0.39, 0.29) is 12.5 Å². The van der Waals surface area contributed by atoms with Gasteiger partial charge < -0.3 is 9.64 Å². The molecule has 0 N–H and O–H groups in total. The van der Waals surface area contributed by atoms with Gasteiger partial charge in [-0.25, -0.2) is 9.50 Å². The lowest BCUT2D eigenvalue weighted by molar-refractivity contribution is 0.0699. The standard InChI is InChI=1S/C16H22N6O4S/c23-16(14-3-1-4-15-17-13-18-22(14)15)19-5-2-6-20(8-7-19)27(24,25)21-9-11-26-12-10-21/h1,3-4,13H,2,5-12H2. The number of fused-ring (bicyclic) bond motifs is 1. The number of hydrogen-bond acceptors (Lipinski definition) is 6. The van der Waals surface area contributed by atoms with E-state index in [1.54, 1.807) is 23.1 Å². The molecule has 2 fully saturated rings. The molecule has 0 saturated carbocycles. The molecular formula is C16H22N6O4S. The van der Waals surface area contributed by atoms with Gasteiger partial charge in [0.05, 0.1) is 13.2 Å². The number of nitrogens with zero attached hydrogens (tertiary/aromatic N) is 6. The minimum Gasteiger partial charge on any atom is -0.379 e. The number of carbonyl (C=O) groups is 1. The molecule has 0 atom stereocenters.